The Hall–Kier alpha value is -1.63. The van der Waals surface area contributed by atoms with Crippen molar-refractivity contribution in [2.45, 2.75) is 18.9 Å². The van der Waals surface area contributed by atoms with Crippen LogP contribution in [0.4, 0.5) is 0 Å². The van der Waals surface area contributed by atoms with Gasteiger partial charge in [-0.05, 0) is 6.42 Å². The first-order chi connectivity index (χ1) is 8.04. The average molecular weight is 244 g/mol. The van der Waals surface area contributed by atoms with E-state index in [0.29, 0.717) is 13.1 Å². The number of carboxylic acid groups (broad SMARTS) is 1. The summed E-state index contributed by atoms with van der Waals surface area (Å²) < 4.78 is 4.41. The van der Waals surface area contributed by atoms with Crippen LogP contribution in [-0.2, 0) is 19.1 Å². The van der Waals surface area contributed by atoms with E-state index in [0.717, 1.165) is 0 Å². The number of aliphatic carboxylic acids is 1. The number of carboxylic acids is 1. The number of hydrogen-bond donors (Lipinski definition) is 3. The second-order valence-corrected chi connectivity index (χ2v) is 3.87. The molecule has 17 heavy (non-hydrogen) atoms. The molecule has 1 aliphatic heterocycles. The molecule has 0 saturated carbocycles. The summed E-state index contributed by atoms with van der Waals surface area (Å²) in [4.78, 5) is 33.3. The highest BCUT2D eigenvalue weighted by Crippen LogP contribution is 2.05. The van der Waals surface area contributed by atoms with Crippen LogP contribution in [-0.4, -0.2) is 49.2 Å². The van der Waals surface area contributed by atoms with Crippen molar-refractivity contribution in [2.24, 2.45) is 5.92 Å². The summed E-state index contributed by atoms with van der Waals surface area (Å²) in [5.74, 6) is -2.10. The van der Waals surface area contributed by atoms with Crippen LogP contribution < -0.4 is 10.6 Å². The van der Waals surface area contributed by atoms with Crippen LogP contribution in [0.1, 0.15) is 12.8 Å². The number of amides is 1. The normalized spacial score (nSPS) is 16.8. The number of ether oxygens (including phenoxy) is 1. The summed E-state index contributed by atoms with van der Waals surface area (Å²) in [6, 6.07) is -1.04. The second-order valence-electron chi connectivity index (χ2n) is 3.87. The van der Waals surface area contributed by atoms with E-state index in [1.165, 1.54) is 7.11 Å². The van der Waals surface area contributed by atoms with E-state index < -0.39 is 18.0 Å². The minimum atomic E-state index is -1.14. The van der Waals surface area contributed by atoms with Crippen LogP contribution in [0.25, 0.3) is 0 Å². The Labute approximate surface area is 98.5 Å². The lowest BCUT2D eigenvalue weighted by molar-refractivity contribution is -0.144. The zero-order chi connectivity index (χ0) is 12.8. The van der Waals surface area contributed by atoms with Crippen molar-refractivity contribution in [3.05, 3.63) is 0 Å². The molecule has 0 aromatic carbocycles. The summed E-state index contributed by atoms with van der Waals surface area (Å²) in [6.45, 7) is 1.13. The molecule has 1 amide bonds. The molecule has 96 valence electrons. The van der Waals surface area contributed by atoms with Gasteiger partial charge in [0, 0.05) is 19.5 Å². The summed E-state index contributed by atoms with van der Waals surface area (Å²) >= 11 is 0. The van der Waals surface area contributed by atoms with Crippen molar-refractivity contribution in [1.29, 1.82) is 0 Å². The van der Waals surface area contributed by atoms with Crippen molar-refractivity contribution < 1.29 is 24.2 Å². The molecule has 3 N–H and O–H groups in total. The van der Waals surface area contributed by atoms with Crippen LogP contribution in [0.3, 0.4) is 0 Å². The zero-order valence-electron chi connectivity index (χ0n) is 9.56. The minimum absolute atomic E-state index is 0.0311. The fraction of sp³-hybridized carbons (Fsp3) is 0.700. The lowest BCUT2D eigenvalue weighted by atomic mass is 10.0. The summed E-state index contributed by atoms with van der Waals surface area (Å²) in [5.41, 5.74) is 0. The number of methoxy groups -OCH3 is 1. The zero-order valence-corrected chi connectivity index (χ0v) is 9.56. The van der Waals surface area contributed by atoms with E-state index in [1.807, 2.05) is 0 Å². The molecule has 1 fully saturated rings. The fourth-order valence-corrected chi connectivity index (χ4v) is 1.39. The maximum absolute atomic E-state index is 11.5. The Bertz CT molecular complexity index is 314. The van der Waals surface area contributed by atoms with E-state index in [-0.39, 0.29) is 24.7 Å². The highest BCUT2D eigenvalue weighted by Gasteiger charge is 2.29. The van der Waals surface area contributed by atoms with Crippen LogP contribution in [0, 0.1) is 5.92 Å². The first-order valence-corrected chi connectivity index (χ1v) is 5.35. The quantitative estimate of drug-likeness (QED) is 0.503. The average Bonchev–Trinajstić information content (AvgIpc) is 2.20. The highest BCUT2D eigenvalue weighted by molar-refractivity contribution is 5.86. The predicted molar refractivity (Wildman–Crippen MR) is 57.2 cm³/mol. The second kappa shape index (κ2) is 6.19. The van der Waals surface area contributed by atoms with E-state index in [1.54, 1.807) is 0 Å². The number of nitrogens with one attached hydrogen (secondary N) is 2. The number of carbonyl (C=O) groups is 3. The Kier molecular flexibility index (Phi) is 4.89. The lowest BCUT2D eigenvalue weighted by Crippen LogP contribution is -2.54. The lowest BCUT2D eigenvalue weighted by Gasteiger charge is -2.27. The third kappa shape index (κ3) is 4.03. The summed E-state index contributed by atoms with van der Waals surface area (Å²) in [5, 5.41) is 14.2. The third-order valence-electron chi connectivity index (χ3n) is 2.63. The van der Waals surface area contributed by atoms with Gasteiger partial charge in [-0.3, -0.25) is 9.59 Å². The number of carbonyl (C=O) groups excluding carboxylic acids is 2. The van der Waals surface area contributed by atoms with Gasteiger partial charge in [-0.1, -0.05) is 0 Å². The third-order valence-corrected chi connectivity index (χ3v) is 2.63. The van der Waals surface area contributed by atoms with Gasteiger partial charge in [0.15, 0.2) is 0 Å². The molecular weight excluding hydrogens is 228 g/mol. The Morgan fingerprint density at radius 3 is 2.53 bits per heavy atom. The molecule has 7 nitrogen and oxygen atoms in total. The largest absolute Gasteiger partial charge is 0.480 e. The van der Waals surface area contributed by atoms with Crippen LogP contribution in [0.15, 0.2) is 0 Å². The topological polar surface area (TPSA) is 105 Å². The first-order valence-electron chi connectivity index (χ1n) is 5.35. The van der Waals surface area contributed by atoms with Gasteiger partial charge in [0.1, 0.15) is 6.04 Å². The molecular formula is C10H16N2O5. The monoisotopic (exact) mass is 244 g/mol. The molecule has 0 aromatic heterocycles. The van der Waals surface area contributed by atoms with Gasteiger partial charge in [-0.15, -0.1) is 0 Å². The number of rotatable bonds is 6. The van der Waals surface area contributed by atoms with Crippen molar-refractivity contribution in [1.82, 2.24) is 10.6 Å². The Morgan fingerprint density at radius 2 is 2.12 bits per heavy atom. The van der Waals surface area contributed by atoms with E-state index in [9.17, 15) is 14.4 Å². The SMILES string of the molecule is COC(=O)CCC(NC(=O)C1CNC1)C(=O)O. The molecule has 0 radical (unpaired) electrons. The van der Waals surface area contributed by atoms with Gasteiger partial charge >= 0.3 is 11.9 Å². The van der Waals surface area contributed by atoms with Gasteiger partial charge in [0.2, 0.25) is 5.91 Å². The van der Waals surface area contributed by atoms with Gasteiger partial charge in [0.05, 0.1) is 13.0 Å². The molecule has 0 aliphatic carbocycles. The number of hydrogen-bond acceptors (Lipinski definition) is 5. The Balaban J connectivity index is 2.39. The van der Waals surface area contributed by atoms with Crippen molar-refractivity contribution in [3.63, 3.8) is 0 Å². The van der Waals surface area contributed by atoms with Crippen molar-refractivity contribution in [2.75, 3.05) is 20.2 Å². The molecule has 1 atom stereocenters. The molecule has 7 heteroatoms. The van der Waals surface area contributed by atoms with Crippen LogP contribution in [0.2, 0.25) is 0 Å². The minimum Gasteiger partial charge on any atom is -0.480 e. The van der Waals surface area contributed by atoms with Crippen molar-refractivity contribution >= 4 is 17.8 Å². The van der Waals surface area contributed by atoms with E-state index in [4.69, 9.17) is 5.11 Å². The molecule has 0 aromatic rings. The Morgan fingerprint density at radius 1 is 1.47 bits per heavy atom. The molecule has 1 saturated heterocycles. The molecule has 0 bridgehead atoms. The van der Waals surface area contributed by atoms with Gasteiger partial charge in [0.25, 0.3) is 0 Å². The number of esters is 1. The maximum atomic E-state index is 11.5. The van der Waals surface area contributed by atoms with E-state index >= 15 is 0 Å². The molecule has 1 heterocycles. The van der Waals surface area contributed by atoms with Gasteiger partial charge < -0.3 is 20.5 Å². The van der Waals surface area contributed by atoms with Gasteiger partial charge in [-0.2, -0.15) is 0 Å². The molecule has 1 rings (SSSR count). The van der Waals surface area contributed by atoms with Gasteiger partial charge in [-0.25, -0.2) is 4.79 Å². The standard InChI is InChI=1S/C10H16N2O5/c1-17-8(13)3-2-7(10(15)16)12-9(14)6-4-11-5-6/h6-7,11H,2-5H2,1H3,(H,12,14)(H,15,16). The smallest absolute Gasteiger partial charge is 0.326 e. The fourth-order valence-electron chi connectivity index (χ4n) is 1.39. The van der Waals surface area contributed by atoms with Crippen LogP contribution in [0.5, 0.6) is 0 Å². The first kappa shape index (κ1) is 13.4. The summed E-state index contributed by atoms with van der Waals surface area (Å²) in [7, 11) is 1.23. The van der Waals surface area contributed by atoms with E-state index in [2.05, 4.69) is 15.4 Å². The maximum Gasteiger partial charge on any atom is 0.326 e. The molecule has 0 spiro atoms. The predicted octanol–water partition coefficient (Wildman–Crippen LogP) is -1.27. The molecule has 1 unspecified atom stereocenters. The van der Waals surface area contributed by atoms with Crippen LogP contribution >= 0.6 is 0 Å². The van der Waals surface area contributed by atoms with Crippen molar-refractivity contribution in [3.8, 4) is 0 Å². The summed E-state index contributed by atoms with van der Waals surface area (Å²) in [6.07, 6.45) is 0.00452. The molecule has 1 aliphatic rings. The highest BCUT2D eigenvalue weighted by atomic mass is 16.5.